The highest BCUT2D eigenvalue weighted by molar-refractivity contribution is 5.79. The lowest BCUT2D eigenvalue weighted by Crippen LogP contribution is -2.56. The average molecular weight is 408 g/mol. The summed E-state index contributed by atoms with van der Waals surface area (Å²) in [6.45, 7) is 1.45. The van der Waals surface area contributed by atoms with Gasteiger partial charge in [0.1, 0.15) is 0 Å². The second kappa shape index (κ2) is 12.2. The Bertz CT molecular complexity index is 445. The van der Waals surface area contributed by atoms with Gasteiger partial charge in [0.15, 0.2) is 0 Å². The number of carbonyl (C=O) groups is 1. The zero-order chi connectivity index (χ0) is 21.0. The number of esters is 1. The first-order valence-corrected chi connectivity index (χ1v) is 9.13. The maximum atomic E-state index is 13.0. The summed E-state index contributed by atoms with van der Waals surface area (Å²) in [5, 5.41) is 0. The fraction of sp³-hybridized carbons (Fsp3) is 0.833. The Kier molecular flexibility index (Phi) is 11.7. The van der Waals surface area contributed by atoms with Crippen LogP contribution in [0, 0.1) is 0 Å². The third-order valence-corrected chi connectivity index (χ3v) is 3.91. The molecule has 0 aliphatic heterocycles. The summed E-state index contributed by atoms with van der Waals surface area (Å²) >= 11 is 0. The van der Waals surface area contributed by atoms with Crippen LogP contribution in [0.3, 0.4) is 0 Å². The summed E-state index contributed by atoms with van der Waals surface area (Å²) in [6.07, 6.45) is 6.34. The predicted octanol–water partition coefficient (Wildman–Crippen LogP) is 6.84. The second-order valence-electron chi connectivity index (χ2n) is 6.28. The zero-order valence-electron chi connectivity index (χ0n) is 15.4. The van der Waals surface area contributed by atoms with E-state index in [1.807, 2.05) is 0 Å². The molecule has 0 atom stereocenters. The number of carbonyl (C=O) groups excluding carboxylic acids is 1. The third-order valence-electron chi connectivity index (χ3n) is 3.91. The van der Waals surface area contributed by atoms with E-state index in [9.17, 15) is 35.5 Å². The average Bonchev–Trinajstić information content (AvgIpc) is 2.57. The Morgan fingerprint density at radius 2 is 1.26 bits per heavy atom. The summed E-state index contributed by atoms with van der Waals surface area (Å²) in [6, 6.07) is 0. The van der Waals surface area contributed by atoms with E-state index in [0.717, 1.165) is 51.4 Å². The molecule has 2 nitrogen and oxygen atoms in total. The van der Waals surface area contributed by atoms with Crippen LogP contribution in [-0.4, -0.2) is 30.6 Å². The maximum absolute atomic E-state index is 13.0. The molecule has 0 amide bonds. The molecule has 0 N–H and O–H groups in total. The van der Waals surface area contributed by atoms with Gasteiger partial charge >= 0.3 is 24.0 Å². The van der Waals surface area contributed by atoms with Crippen molar-refractivity contribution in [1.82, 2.24) is 0 Å². The smallest absolute Gasteiger partial charge is 0.460 e. The van der Waals surface area contributed by atoms with Crippen LogP contribution in [0.15, 0.2) is 12.2 Å². The Labute approximate surface area is 155 Å². The van der Waals surface area contributed by atoms with Gasteiger partial charge in [0.2, 0.25) is 0 Å². The van der Waals surface area contributed by atoms with Crippen molar-refractivity contribution in [3.05, 3.63) is 12.2 Å². The molecule has 9 heteroatoms. The van der Waals surface area contributed by atoms with Crippen LogP contribution in [0.4, 0.5) is 30.7 Å². The normalized spacial score (nSPS) is 13.3. The van der Waals surface area contributed by atoms with Crippen molar-refractivity contribution < 1.29 is 40.3 Å². The van der Waals surface area contributed by atoms with Gasteiger partial charge in [0.25, 0.3) is 0 Å². The molecule has 0 radical (unpaired) electrons. The fourth-order valence-electron chi connectivity index (χ4n) is 2.27. The Hall–Kier alpha value is -1.28. The number of hydrogen-bond donors (Lipinski definition) is 0. The van der Waals surface area contributed by atoms with Crippen molar-refractivity contribution in [2.24, 2.45) is 0 Å². The minimum Gasteiger partial charge on any atom is -0.461 e. The number of halogens is 7. The fourth-order valence-corrected chi connectivity index (χ4v) is 2.27. The lowest BCUT2D eigenvalue weighted by molar-refractivity contribution is -0.348. The SMILES string of the molecule is CC/C=C/CCCCCCCCCCOC(=O)C(F)(F)C(F)(F)C(F)(F)F. The molecule has 160 valence electrons. The quantitative estimate of drug-likeness (QED) is 0.136. The molecular formula is C18H27F7O2. The predicted molar refractivity (Wildman–Crippen MR) is 87.9 cm³/mol. The van der Waals surface area contributed by atoms with E-state index in [2.05, 4.69) is 23.8 Å². The van der Waals surface area contributed by atoms with Crippen LogP contribution < -0.4 is 0 Å². The maximum Gasteiger partial charge on any atom is 0.460 e. The molecule has 0 aromatic heterocycles. The summed E-state index contributed by atoms with van der Waals surface area (Å²) < 4.78 is 91.0. The van der Waals surface area contributed by atoms with Crippen LogP contribution in [0.25, 0.3) is 0 Å². The van der Waals surface area contributed by atoms with Gasteiger partial charge in [-0.25, -0.2) is 4.79 Å². The van der Waals surface area contributed by atoms with Crippen molar-refractivity contribution >= 4 is 5.97 Å². The van der Waals surface area contributed by atoms with Crippen molar-refractivity contribution in [1.29, 1.82) is 0 Å². The van der Waals surface area contributed by atoms with Gasteiger partial charge in [-0.1, -0.05) is 57.6 Å². The zero-order valence-corrected chi connectivity index (χ0v) is 15.4. The minimum atomic E-state index is -6.54. The third kappa shape index (κ3) is 8.97. The highest BCUT2D eigenvalue weighted by Gasteiger charge is 2.77. The van der Waals surface area contributed by atoms with E-state index < -0.39 is 30.6 Å². The molecule has 0 rings (SSSR count). The van der Waals surface area contributed by atoms with Crippen molar-refractivity contribution in [3.8, 4) is 0 Å². The molecule has 0 unspecified atom stereocenters. The molecule has 0 saturated heterocycles. The summed E-state index contributed by atoms with van der Waals surface area (Å²) in [5.41, 5.74) is 0. The van der Waals surface area contributed by atoms with Gasteiger partial charge in [0, 0.05) is 0 Å². The molecule has 0 saturated carbocycles. The van der Waals surface area contributed by atoms with Crippen molar-refractivity contribution in [2.45, 2.75) is 89.2 Å². The second-order valence-corrected chi connectivity index (χ2v) is 6.28. The van der Waals surface area contributed by atoms with Crippen LogP contribution >= 0.6 is 0 Å². The molecule has 27 heavy (non-hydrogen) atoms. The summed E-state index contributed by atoms with van der Waals surface area (Å²) in [7, 11) is 0. The molecule has 0 aliphatic rings. The largest absolute Gasteiger partial charge is 0.461 e. The summed E-state index contributed by atoms with van der Waals surface area (Å²) in [5.74, 6) is -15.3. The number of allylic oxidation sites excluding steroid dienone is 2. The van der Waals surface area contributed by atoms with Gasteiger partial charge in [-0.15, -0.1) is 0 Å². The van der Waals surface area contributed by atoms with Gasteiger partial charge < -0.3 is 4.74 Å². The molecule has 0 spiro atoms. The lowest BCUT2D eigenvalue weighted by atomic mass is 10.1. The standard InChI is InChI=1S/C18H27F7O2/c1-2-3-4-5-6-7-8-9-10-11-12-13-14-27-15(26)16(19,20)17(21,22)18(23,24)25/h3-4H,2,5-14H2,1H3/b4-3+. The van der Waals surface area contributed by atoms with Crippen LogP contribution in [0.5, 0.6) is 0 Å². The molecule has 0 aliphatic carbocycles. The topological polar surface area (TPSA) is 26.3 Å². The first-order chi connectivity index (χ1) is 12.5. The first-order valence-electron chi connectivity index (χ1n) is 9.13. The van der Waals surface area contributed by atoms with Gasteiger partial charge in [-0.05, 0) is 25.7 Å². The Morgan fingerprint density at radius 3 is 1.74 bits per heavy atom. The van der Waals surface area contributed by atoms with E-state index in [0.29, 0.717) is 6.42 Å². The summed E-state index contributed by atoms with van der Waals surface area (Å²) in [4.78, 5) is 10.9. The van der Waals surface area contributed by atoms with Gasteiger partial charge in [0.05, 0.1) is 6.61 Å². The molecule has 0 bridgehead atoms. The number of ether oxygens (including phenoxy) is 1. The molecule has 0 fully saturated rings. The van der Waals surface area contributed by atoms with Crippen LogP contribution in [-0.2, 0) is 9.53 Å². The first kappa shape index (κ1) is 25.7. The number of hydrogen-bond acceptors (Lipinski definition) is 2. The highest BCUT2D eigenvalue weighted by Crippen LogP contribution is 2.46. The van der Waals surface area contributed by atoms with Gasteiger partial charge in [-0.2, -0.15) is 30.7 Å². The van der Waals surface area contributed by atoms with Crippen LogP contribution in [0.1, 0.15) is 71.1 Å². The minimum absolute atomic E-state index is 0.126. The monoisotopic (exact) mass is 408 g/mol. The molecule has 0 heterocycles. The number of alkyl halides is 7. The lowest BCUT2D eigenvalue weighted by Gasteiger charge is -2.26. The van der Waals surface area contributed by atoms with Crippen LogP contribution in [0.2, 0.25) is 0 Å². The van der Waals surface area contributed by atoms with E-state index in [1.54, 1.807) is 0 Å². The van der Waals surface area contributed by atoms with E-state index in [4.69, 9.17) is 0 Å². The number of unbranched alkanes of at least 4 members (excludes halogenated alkanes) is 8. The van der Waals surface area contributed by atoms with E-state index in [1.165, 1.54) is 0 Å². The van der Waals surface area contributed by atoms with Gasteiger partial charge in [-0.3, -0.25) is 0 Å². The molecule has 0 aromatic carbocycles. The molecule has 0 aromatic rings. The molecular weight excluding hydrogens is 381 g/mol. The highest BCUT2D eigenvalue weighted by atomic mass is 19.4. The Morgan fingerprint density at radius 1 is 0.778 bits per heavy atom. The van der Waals surface area contributed by atoms with E-state index in [-0.39, 0.29) is 6.42 Å². The van der Waals surface area contributed by atoms with Crippen molar-refractivity contribution in [2.75, 3.05) is 6.61 Å². The van der Waals surface area contributed by atoms with E-state index >= 15 is 0 Å². The Balaban J connectivity index is 3.82. The van der Waals surface area contributed by atoms with Crippen molar-refractivity contribution in [3.63, 3.8) is 0 Å². The number of rotatable bonds is 14.